The predicted octanol–water partition coefficient (Wildman–Crippen LogP) is 3.50. The second-order valence-corrected chi connectivity index (χ2v) is 6.91. The van der Waals surface area contributed by atoms with Crippen LogP contribution in [-0.4, -0.2) is 5.60 Å². The standard InChI is InChI=1S/C14H18BrNO/c1-13(2)8-9-6-10(15)7-11(12(9)17-13)14(16)4-3-5-14/h6-7H,3-5,8,16H2,1-2H3. The van der Waals surface area contributed by atoms with E-state index in [-0.39, 0.29) is 11.1 Å². The van der Waals surface area contributed by atoms with E-state index in [1.165, 1.54) is 17.5 Å². The first-order valence-electron chi connectivity index (χ1n) is 6.20. The van der Waals surface area contributed by atoms with Crippen LogP contribution in [0.25, 0.3) is 0 Å². The molecule has 2 nitrogen and oxygen atoms in total. The van der Waals surface area contributed by atoms with Gasteiger partial charge in [-0.3, -0.25) is 0 Å². The van der Waals surface area contributed by atoms with Crippen molar-refractivity contribution in [2.24, 2.45) is 5.73 Å². The largest absolute Gasteiger partial charge is 0.487 e. The third-order valence-corrected chi connectivity index (χ3v) is 4.37. The van der Waals surface area contributed by atoms with Gasteiger partial charge in [0, 0.05) is 22.0 Å². The zero-order valence-electron chi connectivity index (χ0n) is 10.3. The van der Waals surface area contributed by atoms with Crippen molar-refractivity contribution in [3.8, 4) is 5.75 Å². The molecule has 92 valence electrons. The summed E-state index contributed by atoms with van der Waals surface area (Å²) in [6.45, 7) is 4.27. The van der Waals surface area contributed by atoms with Crippen LogP contribution in [0.15, 0.2) is 16.6 Å². The van der Waals surface area contributed by atoms with E-state index in [1.807, 2.05) is 0 Å². The SMILES string of the molecule is CC1(C)Cc2cc(Br)cc(C3(N)CCC3)c2O1. The number of rotatable bonds is 1. The quantitative estimate of drug-likeness (QED) is 0.861. The van der Waals surface area contributed by atoms with Crippen molar-refractivity contribution in [1.82, 2.24) is 0 Å². The molecule has 0 atom stereocenters. The van der Waals surface area contributed by atoms with Gasteiger partial charge in [0.05, 0.1) is 0 Å². The lowest BCUT2D eigenvalue weighted by molar-refractivity contribution is 0.131. The van der Waals surface area contributed by atoms with Crippen LogP contribution in [0.5, 0.6) is 5.75 Å². The Morgan fingerprint density at radius 1 is 1.29 bits per heavy atom. The average Bonchev–Trinajstić information content (AvgIpc) is 2.47. The van der Waals surface area contributed by atoms with E-state index in [4.69, 9.17) is 10.5 Å². The van der Waals surface area contributed by atoms with Crippen LogP contribution in [0.4, 0.5) is 0 Å². The molecule has 1 aromatic carbocycles. The molecule has 1 heterocycles. The van der Waals surface area contributed by atoms with Gasteiger partial charge in [0.25, 0.3) is 0 Å². The van der Waals surface area contributed by atoms with Crippen LogP contribution in [0.1, 0.15) is 44.2 Å². The molecule has 1 aliphatic heterocycles. The van der Waals surface area contributed by atoms with Gasteiger partial charge < -0.3 is 10.5 Å². The fraction of sp³-hybridized carbons (Fsp3) is 0.571. The molecule has 3 rings (SSSR count). The minimum atomic E-state index is -0.158. The van der Waals surface area contributed by atoms with Crippen LogP contribution in [0, 0.1) is 0 Å². The highest BCUT2D eigenvalue weighted by atomic mass is 79.9. The van der Waals surface area contributed by atoms with Gasteiger partial charge in [-0.2, -0.15) is 0 Å². The Balaban J connectivity index is 2.12. The lowest BCUT2D eigenvalue weighted by atomic mass is 9.72. The summed E-state index contributed by atoms with van der Waals surface area (Å²) in [6, 6.07) is 4.30. The zero-order chi connectivity index (χ0) is 12.3. The maximum Gasteiger partial charge on any atom is 0.128 e. The smallest absolute Gasteiger partial charge is 0.128 e. The first kappa shape index (κ1) is 11.5. The molecule has 2 aliphatic rings. The van der Waals surface area contributed by atoms with Gasteiger partial charge in [0.15, 0.2) is 0 Å². The van der Waals surface area contributed by atoms with Gasteiger partial charge in [0.1, 0.15) is 11.4 Å². The molecule has 17 heavy (non-hydrogen) atoms. The lowest BCUT2D eigenvalue weighted by Gasteiger charge is -2.39. The van der Waals surface area contributed by atoms with E-state index in [1.54, 1.807) is 0 Å². The summed E-state index contributed by atoms with van der Waals surface area (Å²) in [5.74, 6) is 1.04. The Bertz CT molecular complexity index is 477. The molecule has 0 radical (unpaired) electrons. The molecule has 1 saturated carbocycles. The van der Waals surface area contributed by atoms with E-state index in [0.29, 0.717) is 0 Å². The molecule has 1 fully saturated rings. The van der Waals surface area contributed by atoms with E-state index in [2.05, 4.69) is 41.9 Å². The molecular weight excluding hydrogens is 278 g/mol. The van der Waals surface area contributed by atoms with Crippen molar-refractivity contribution in [3.05, 3.63) is 27.7 Å². The van der Waals surface area contributed by atoms with Crippen LogP contribution >= 0.6 is 15.9 Å². The van der Waals surface area contributed by atoms with Crippen LogP contribution in [0.3, 0.4) is 0 Å². The second kappa shape index (κ2) is 3.48. The first-order valence-corrected chi connectivity index (χ1v) is 7.00. The summed E-state index contributed by atoms with van der Waals surface area (Å²) >= 11 is 3.59. The van der Waals surface area contributed by atoms with Crippen molar-refractivity contribution >= 4 is 15.9 Å². The van der Waals surface area contributed by atoms with E-state index in [9.17, 15) is 0 Å². The Labute approximate surface area is 111 Å². The maximum absolute atomic E-state index is 6.45. The van der Waals surface area contributed by atoms with E-state index < -0.39 is 0 Å². The number of hydrogen-bond donors (Lipinski definition) is 1. The zero-order valence-corrected chi connectivity index (χ0v) is 11.9. The van der Waals surface area contributed by atoms with E-state index >= 15 is 0 Å². The maximum atomic E-state index is 6.45. The highest BCUT2D eigenvalue weighted by molar-refractivity contribution is 9.10. The van der Waals surface area contributed by atoms with Crippen LogP contribution in [-0.2, 0) is 12.0 Å². The van der Waals surface area contributed by atoms with Crippen molar-refractivity contribution in [2.75, 3.05) is 0 Å². The summed E-state index contributed by atoms with van der Waals surface area (Å²) in [6.07, 6.45) is 4.32. The third-order valence-electron chi connectivity index (χ3n) is 3.91. The Kier molecular flexibility index (Phi) is 2.37. The molecule has 0 amide bonds. The Morgan fingerprint density at radius 3 is 2.59 bits per heavy atom. The molecule has 0 aromatic heterocycles. The minimum Gasteiger partial charge on any atom is -0.487 e. The highest BCUT2D eigenvalue weighted by Gasteiger charge is 2.41. The van der Waals surface area contributed by atoms with Gasteiger partial charge in [-0.1, -0.05) is 15.9 Å². The molecule has 1 aliphatic carbocycles. The van der Waals surface area contributed by atoms with Gasteiger partial charge in [-0.15, -0.1) is 0 Å². The molecule has 0 saturated heterocycles. The third kappa shape index (κ3) is 1.80. The average molecular weight is 296 g/mol. The summed E-state index contributed by atoms with van der Waals surface area (Å²) < 4.78 is 7.22. The Morgan fingerprint density at radius 2 is 2.00 bits per heavy atom. The molecule has 1 aromatic rings. The number of nitrogens with two attached hydrogens (primary N) is 1. The predicted molar refractivity (Wildman–Crippen MR) is 72.3 cm³/mol. The molecule has 0 unspecified atom stereocenters. The molecule has 0 spiro atoms. The normalized spacial score (nSPS) is 23.8. The second-order valence-electron chi connectivity index (χ2n) is 5.99. The summed E-state index contributed by atoms with van der Waals surface area (Å²) in [5.41, 5.74) is 8.68. The first-order chi connectivity index (χ1) is 7.90. The molecule has 2 N–H and O–H groups in total. The van der Waals surface area contributed by atoms with Gasteiger partial charge >= 0.3 is 0 Å². The van der Waals surface area contributed by atoms with Gasteiger partial charge in [-0.05, 0) is 50.8 Å². The van der Waals surface area contributed by atoms with Crippen molar-refractivity contribution < 1.29 is 4.74 Å². The number of halogens is 1. The van der Waals surface area contributed by atoms with Gasteiger partial charge in [-0.25, -0.2) is 0 Å². The Hall–Kier alpha value is -0.540. The van der Waals surface area contributed by atoms with Crippen molar-refractivity contribution in [2.45, 2.75) is 50.7 Å². The molecular formula is C14H18BrNO. The fourth-order valence-corrected chi connectivity index (χ4v) is 3.38. The number of ether oxygens (including phenoxy) is 1. The molecule has 3 heteroatoms. The van der Waals surface area contributed by atoms with Gasteiger partial charge in [0.2, 0.25) is 0 Å². The van der Waals surface area contributed by atoms with Crippen LogP contribution in [0.2, 0.25) is 0 Å². The fourth-order valence-electron chi connectivity index (χ4n) is 2.87. The summed E-state index contributed by atoms with van der Waals surface area (Å²) in [5, 5.41) is 0. The monoisotopic (exact) mass is 295 g/mol. The highest BCUT2D eigenvalue weighted by Crippen LogP contribution is 2.48. The van der Waals surface area contributed by atoms with Crippen LogP contribution < -0.4 is 10.5 Å². The summed E-state index contributed by atoms with van der Waals surface area (Å²) in [7, 11) is 0. The molecule has 0 bridgehead atoms. The van der Waals surface area contributed by atoms with E-state index in [0.717, 1.165) is 29.5 Å². The van der Waals surface area contributed by atoms with Crippen molar-refractivity contribution in [1.29, 1.82) is 0 Å². The summed E-state index contributed by atoms with van der Waals surface area (Å²) in [4.78, 5) is 0. The number of benzene rings is 1. The van der Waals surface area contributed by atoms with Crippen molar-refractivity contribution in [3.63, 3.8) is 0 Å². The minimum absolute atomic E-state index is 0.0992. The number of hydrogen-bond acceptors (Lipinski definition) is 2. The number of fused-ring (bicyclic) bond motifs is 1. The topological polar surface area (TPSA) is 35.2 Å². The lowest BCUT2D eigenvalue weighted by Crippen LogP contribution is -2.43.